The molecule has 1 rings (SSSR count). The van der Waals surface area contributed by atoms with Gasteiger partial charge in [0.25, 0.3) is 0 Å². The van der Waals surface area contributed by atoms with Crippen molar-refractivity contribution in [2.24, 2.45) is 0 Å². The molecule has 0 saturated heterocycles. The number of nitrogens with zero attached hydrogens (tertiary/aromatic N) is 2. The van der Waals surface area contributed by atoms with E-state index in [4.69, 9.17) is 5.11 Å². The Morgan fingerprint density at radius 1 is 1.44 bits per heavy atom. The van der Waals surface area contributed by atoms with Gasteiger partial charge in [0, 0.05) is 18.8 Å². The summed E-state index contributed by atoms with van der Waals surface area (Å²) in [5.41, 5.74) is -0.927. The molecule has 6 heteroatoms. The molecule has 0 amide bonds. The Hall–Kier alpha value is -1.59. The zero-order valence-corrected chi connectivity index (χ0v) is 8.94. The highest BCUT2D eigenvalue weighted by Gasteiger charge is 2.32. The molecule has 0 atom stereocenters. The number of hydrogen-bond donors (Lipinski definition) is 1. The van der Waals surface area contributed by atoms with Gasteiger partial charge in [-0.15, -0.1) is 0 Å². The third kappa shape index (κ3) is 2.71. The number of aromatic nitrogens is 2. The number of alkyl halides is 2. The van der Waals surface area contributed by atoms with E-state index in [1.807, 2.05) is 0 Å². The van der Waals surface area contributed by atoms with Crippen LogP contribution in [-0.2, 0) is 16.6 Å². The largest absolute Gasteiger partial charge is 0.481 e. The molecule has 0 spiro atoms. The maximum atomic E-state index is 12.0. The van der Waals surface area contributed by atoms with Crippen LogP contribution in [0.15, 0.2) is 12.4 Å². The van der Waals surface area contributed by atoms with Gasteiger partial charge in [-0.1, -0.05) is 0 Å². The second kappa shape index (κ2) is 4.51. The Balaban J connectivity index is 2.91. The molecule has 0 radical (unpaired) electrons. The van der Waals surface area contributed by atoms with Gasteiger partial charge in [0.1, 0.15) is 11.2 Å². The van der Waals surface area contributed by atoms with Crippen LogP contribution in [0.5, 0.6) is 0 Å². The summed E-state index contributed by atoms with van der Waals surface area (Å²) in [5, 5.41) is 8.91. The average Bonchev–Trinajstić information content (AvgIpc) is 2.17. The van der Waals surface area contributed by atoms with Gasteiger partial charge in [-0.3, -0.25) is 4.79 Å². The van der Waals surface area contributed by atoms with E-state index in [2.05, 4.69) is 9.97 Å². The van der Waals surface area contributed by atoms with Crippen molar-refractivity contribution in [3.63, 3.8) is 0 Å². The number of carboxylic acids is 1. The van der Waals surface area contributed by atoms with Crippen LogP contribution in [0.2, 0.25) is 0 Å². The summed E-state index contributed by atoms with van der Waals surface area (Å²) in [6.07, 6.45) is -0.409. The third-order valence-corrected chi connectivity index (χ3v) is 2.19. The van der Waals surface area contributed by atoms with Crippen LogP contribution in [0.3, 0.4) is 0 Å². The Morgan fingerprint density at radius 2 is 1.94 bits per heavy atom. The van der Waals surface area contributed by atoms with E-state index in [1.54, 1.807) is 0 Å². The number of aliphatic carboxylic acids is 1. The van der Waals surface area contributed by atoms with Gasteiger partial charge in [-0.25, -0.2) is 18.7 Å². The highest BCUT2D eigenvalue weighted by atomic mass is 19.3. The number of rotatable bonds is 4. The summed E-state index contributed by atoms with van der Waals surface area (Å²) in [6, 6.07) is 0. The first kappa shape index (κ1) is 12.5. The van der Waals surface area contributed by atoms with E-state index in [-0.39, 0.29) is 5.82 Å². The van der Waals surface area contributed by atoms with E-state index in [0.29, 0.717) is 5.56 Å². The molecule has 0 unspecified atom stereocenters. The topological polar surface area (TPSA) is 63.1 Å². The van der Waals surface area contributed by atoms with E-state index in [0.717, 1.165) is 0 Å². The maximum Gasteiger partial charge on any atom is 0.316 e. The maximum absolute atomic E-state index is 12.0. The van der Waals surface area contributed by atoms with Gasteiger partial charge in [0.2, 0.25) is 6.43 Å². The van der Waals surface area contributed by atoms with Crippen molar-refractivity contribution >= 4 is 5.97 Å². The molecule has 1 heterocycles. The first-order valence-corrected chi connectivity index (χ1v) is 4.67. The zero-order valence-electron chi connectivity index (χ0n) is 8.94. The van der Waals surface area contributed by atoms with E-state index < -0.39 is 24.2 Å². The molecule has 1 aromatic heterocycles. The molecular weight excluding hydrogens is 218 g/mol. The van der Waals surface area contributed by atoms with Crippen molar-refractivity contribution in [2.75, 3.05) is 0 Å². The molecule has 1 aromatic rings. The standard InChI is InChI=1S/C10H12F2N2O2/c1-10(2,9(15)16)8-13-4-6(5-14-8)3-7(11)12/h4-5,7H,3H2,1-2H3,(H,15,16). The first-order chi connectivity index (χ1) is 7.34. The van der Waals surface area contributed by atoms with Gasteiger partial charge in [-0.2, -0.15) is 0 Å². The summed E-state index contributed by atoms with van der Waals surface area (Å²) in [5.74, 6) is -0.952. The van der Waals surface area contributed by atoms with Crippen molar-refractivity contribution in [3.8, 4) is 0 Å². The molecule has 16 heavy (non-hydrogen) atoms. The average molecular weight is 230 g/mol. The lowest BCUT2D eigenvalue weighted by molar-refractivity contribution is -0.142. The summed E-state index contributed by atoms with van der Waals surface area (Å²) >= 11 is 0. The van der Waals surface area contributed by atoms with Crippen molar-refractivity contribution in [3.05, 3.63) is 23.8 Å². The van der Waals surface area contributed by atoms with E-state index in [1.165, 1.54) is 26.2 Å². The first-order valence-electron chi connectivity index (χ1n) is 4.67. The molecule has 88 valence electrons. The Labute approximate surface area is 91.3 Å². The fourth-order valence-electron chi connectivity index (χ4n) is 1.06. The van der Waals surface area contributed by atoms with Crippen molar-refractivity contribution < 1.29 is 18.7 Å². The summed E-state index contributed by atoms with van der Waals surface area (Å²) in [6.45, 7) is 2.91. The number of halogens is 2. The van der Waals surface area contributed by atoms with Crippen molar-refractivity contribution in [1.82, 2.24) is 9.97 Å². The van der Waals surface area contributed by atoms with Gasteiger partial charge in [0.05, 0.1) is 0 Å². The quantitative estimate of drug-likeness (QED) is 0.854. The molecule has 0 aliphatic heterocycles. The van der Waals surface area contributed by atoms with E-state index >= 15 is 0 Å². The third-order valence-electron chi connectivity index (χ3n) is 2.19. The van der Waals surface area contributed by atoms with Crippen molar-refractivity contribution in [2.45, 2.75) is 32.1 Å². The molecule has 0 fully saturated rings. The lowest BCUT2D eigenvalue weighted by Crippen LogP contribution is -2.30. The summed E-state index contributed by atoms with van der Waals surface area (Å²) < 4.78 is 24.1. The van der Waals surface area contributed by atoms with Crippen LogP contribution < -0.4 is 0 Å². The number of hydrogen-bond acceptors (Lipinski definition) is 3. The monoisotopic (exact) mass is 230 g/mol. The van der Waals surface area contributed by atoms with Gasteiger partial charge >= 0.3 is 5.97 Å². The molecule has 0 saturated carbocycles. The summed E-state index contributed by atoms with van der Waals surface area (Å²) in [7, 11) is 0. The minimum Gasteiger partial charge on any atom is -0.481 e. The SMILES string of the molecule is CC(C)(C(=O)O)c1ncc(CC(F)F)cn1. The van der Waals surface area contributed by atoms with Crippen LogP contribution in [0.4, 0.5) is 8.78 Å². The second-order valence-corrected chi connectivity index (χ2v) is 3.94. The smallest absolute Gasteiger partial charge is 0.316 e. The van der Waals surface area contributed by atoms with Crippen LogP contribution >= 0.6 is 0 Å². The molecule has 0 bridgehead atoms. The van der Waals surface area contributed by atoms with Crippen LogP contribution in [-0.4, -0.2) is 27.5 Å². The molecular formula is C10H12F2N2O2. The van der Waals surface area contributed by atoms with E-state index in [9.17, 15) is 13.6 Å². The predicted octanol–water partition coefficient (Wildman–Crippen LogP) is 1.65. The highest BCUT2D eigenvalue weighted by Crippen LogP contribution is 2.19. The van der Waals surface area contributed by atoms with Crippen LogP contribution in [0, 0.1) is 0 Å². The van der Waals surface area contributed by atoms with Crippen molar-refractivity contribution in [1.29, 1.82) is 0 Å². The Morgan fingerprint density at radius 3 is 2.31 bits per heavy atom. The minimum absolute atomic E-state index is 0.109. The lowest BCUT2D eigenvalue weighted by Gasteiger charge is -2.16. The van der Waals surface area contributed by atoms with Gasteiger partial charge in [-0.05, 0) is 19.4 Å². The number of carbonyl (C=O) groups is 1. The van der Waals surface area contributed by atoms with Crippen LogP contribution in [0.25, 0.3) is 0 Å². The lowest BCUT2D eigenvalue weighted by atomic mass is 9.93. The molecule has 1 N–H and O–H groups in total. The second-order valence-electron chi connectivity index (χ2n) is 3.94. The fourth-order valence-corrected chi connectivity index (χ4v) is 1.06. The zero-order chi connectivity index (χ0) is 12.3. The molecule has 4 nitrogen and oxygen atoms in total. The normalized spacial score (nSPS) is 11.8. The highest BCUT2D eigenvalue weighted by molar-refractivity contribution is 5.78. The number of carboxylic acid groups (broad SMARTS) is 1. The predicted molar refractivity (Wildman–Crippen MR) is 52.4 cm³/mol. The minimum atomic E-state index is -2.46. The molecule has 0 aliphatic rings. The molecule has 0 aromatic carbocycles. The Bertz CT molecular complexity index is 377. The summed E-state index contributed by atoms with van der Waals surface area (Å²) in [4.78, 5) is 18.5. The Kier molecular flexibility index (Phi) is 3.51. The van der Waals surface area contributed by atoms with Crippen LogP contribution in [0.1, 0.15) is 25.2 Å². The van der Waals surface area contributed by atoms with Gasteiger partial charge < -0.3 is 5.11 Å². The fraction of sp³-hybridized carbons (Fsp3) is 0.500. The molecule has 0 aliphatic carbocycles. The van der Waals surface area contributed by atoms with Gasteiger partial charge in [0.15, 0.2) is 0 Å².